The zero-order chi connectivity index (χ0) is 15.5. The van der Waals surface area contributed by atoms with E-state index >= 15 is 0 Å². The molecule has 1 aromatic carbocycles. The number of carbonyl (C=O) groups is 1. The molecule has 1 aliphatic heterocycles. The molecule has 2 aromatic rings. The molecule has 1 aliphatic rings. The van der Waals surface area contributed by atoms with Crippen LogP contribution in [0.4, 0.5) is 0 Å². The predicted octanol–water partition coefficient (Wildman–Crippen LogP) is 1.76. The molecule has 0 bridgehead atoms. The Morgan fingerprint density at radius 3 is 2.68 bits per heavy atom. The fourth-order valence-corrected chi connectivity index (χ4v) is 2.98. The standard InChI is InChI=1S/C16H20N4O2/c1-2-14(16(22)19-10-6-3-7-11-19)20-15(21)12-8-4-5-9-13(12)17-18-20/h4-5,8-9,14H,2-3,6-7,10-11H2,1H3/t14-/m1/s1. The predicted molar refractivity (Wildman–Crippen MR) is 83.6 cm³/mol. The number of amides is 1. The molecule has 22 heavy (non-hydrogen) atoms. The average Bonchev–Trinajstić information content (AvgIpc) is 2.58. The summed E-state index contributed by atoms with van der Waals surface area (Å²) in [7, 11) is 0. The Bertz CT molecular complexity index is 734. The van der Waals surface area contributed by atoms with Gasteiger partial charge in [0.1, 0.15) is 11.6 Å². The van der Waals surface area contributed by atoms with Gasteiger partial charge < -0.3 is 4.90 Å². The lowest BCUT2D eigenvalue weighted by Gasteiger charge is -2.30. The van der Waals surface area contributed by atoms with Gasteiger partial charge in [-0.15, -0.1) is 5.10 Å². The molecule has 6 nitrogen and oxygen atoms in total. The van der Waals surface area contributed by atoms with Crippen molar-refractivity contribution >= 4 is 16.8 Å². The minimum atomic E-state index is -0.567. The number of piperidine rings is 1. The van der Waals surface area contributed by atoms with E-state index < -0.39 is 6.04 Å². The molecule has 0 radical (unpaired) electrons. The van der Waals surface area contributed by atoms with Crippen LogP contribution < -0.4 is 5.56 Å². The topological polar surface area (TPSA) is 68.1 Å². The third kappa shape index (κ3) is 2.61. The molecule has 0 saturated carbocycles. The molecular formula is C16H20N4O2. The van der Waals surface area contributed by atoms with Crippen molar-refractivity contribution in [2.24, 2.45) is 0 Å². The van der Waals surface area contributed by atoms with Crippen molar-refractivity contribution in [3.8, 4) is 0 Å². The summed E-state index contributed by atoms with van der Waals surface area (Å²) in [5.74, 6) is -0.0196. The van der Waals surface area contributed by atoms with Gasteiger partial charge in [-0.1, -0.05) is 24.3 Å². The van der Waals surface area contributed by atoms with E-state index in [-0.39, 0.29) is 11.5 Å². The Morgan fingerprint density at radius 2 is 1.95 bits per heavy atom. The number of carbonyl (C=O) groups excluding carboxylic acids is 1. The van der Waals surface area contributed by atoms with E-state index in [2.05, 4.69) is 10.3 Å². The Kier molecular flexibility index (Phi) is 4.18. The highest BCUT2D eigenvalue weighted by Gasteiger charge is 2.27. The van der Waals surface area contributed by atoms with Gasteiger partial charge in [0.05, 0.1) is 5.39 Å². The van der Waals surface area contributed by atoms with Crippen LogP contribution in [0.5, 0.6) is 0 Å². The molecule has 1 fully saturated rings. The number of fused-ring (bicyclic) bond motifs is 1. The number of hydrogen-bond donors (Lipinski definition) is 0. The Balaban J connectivity index is 1.98. The van der Waals surface area contributed by atoms with E-state index in [1.165, 1.54) is 4.68 Å². The van der Waals surface area contributed by atoms with Crippen LogP contribution in [0.25, 0.3) is 10.9 Å². The van der Waals surface area contributed by atoms with Crippen LogP contribution in [0.1, 0.15) is 38.6 Å². The van der Waals surface area contributed by atoms with Crippen LogP contribution in [-0.4, -0.2) is 38.9 Å². The number of likely N-dealkylation sites (tertiary alicyclic amines) is 1. The Morgan fingerprint density at radius 1 is 1.23 bits per heavy atom. The zero-order valence-electron chi connectivity index (χ0n) is 12.7. The second-order valence-electron chi connectivity index (χ2n) is 5.67. The molecule has 0 spiro atoms. The minimum Gasteiger partial charge on any atom is -0.341 e. The van der Waals surface area contributed by atoms with Crippen molar-refractivity contribution in [2.75, 3.05) is 13.1 Å². The first-order valence-corrected chi connectivity index (χ1v) is 7.85. The van der Waals surface area contributed by atoms with Gasteiger partial charge in [-0.2, -0.15) is 4.68 Å². The van der Waals surface area contributed by atoms with E-state index in [4.69, 9.17) is 0 Å². The molecule has 2 heterocycles. The van der Waals surface area contributed by atoms with Crippen molar-refractivity contribution in [3.05, 3.63) is 34.6 Å². The normalized spacial score (nSPS) is 16.7. The smallest absolute Gasteiger partial charge is 0.278 e. The van der Waals surface area contributed by atoms with Crippen LogP contribution in [0, 0.1) is 0 Å². The molecule has 116 valence electrons. The molecule has 6 heteroatoms. The van der Waals surface area contributed by atoms with Crippen LogP contribution in [0.15, 0.2) is 29.1 Å². The van der Waals surface area contributed by atoms with Crippen molar-refractivity contribution < 1.29 is 4.79 Å². The van der Waals surface area contributed by atoms with Gasteiger partial charge in [-0.25, -0.2) is 0 Å². The van der Waals surface area contributed by atoms with E-state index in [0.717, 1.165) is 32.4 Å². The molecule has 1 aromatic heterocycles. The molecule has 0 aliphatic carbocycles. The van der Waals surface area contributed by atoms with Gasteiger partial charge in [0.2, 0.25) is 5.91 Å². The number of benzene rings is 1. The summed E-state index contributed by atoms with van der Waals surface area (Å²) in [6, 6.07) is 6.52. The molecule has 0 unspecified atom stereocenters. The van der Waals surface area contributed by atoms with Crippen LogP contribution in [0.2, 0.25) is 0 Å². The third-order valence-electron chi connectivity index (χ3n) is 4.23. The van der Waals surface area contributed by atoms with Gasteiger partial charge in [0.25, 0.3) is 5.56 Å². The van der Waals surface area contributed by atoms with Crippen LogP contribution >= 0.6 is 0 Å². The molecule has 3 rings (SSSR count). The van der Waals surface area contributed by atoms with Gasteiger partial charge in [0, 0.05) is 13.1 Å². The van der Waals surface area contributed by atoms with E-state index in [0.29, 0.717) is 17.3 Å². The highest BCUT2D eigenvalue weighted by atomic mass is 16.2. The lowest BCUT2D eigenvalue weighted by molar-refractivity contribution is -0.136. The maximum Gasteiger partial charge on any atom is 0.278 e. The lowest BCUT2D eigenvalue weighted by atomic mass is 10.1. The first-order valence-electron chi connectivity index (χ1n) is 7.85. The Labute approximate surface area is 128 Å². The maximum atomic E-state index is 12.7. The minimum absolute atomic E-state index is 0.0196. The average molecular weight is 300 g/mol. The quantitative estimate of drug-likeness (QED) is 0.866. The molecule has 1 saturated heterocycles. The van der Waals surface area contributed by atoms with Crippen molar-refractivity contribution in [3.63, 3.8) is 0 Å². The largest absolute Gasteiger partial charge is 0.341 e. The van der Waals surface area contributed by atoms with Crippen molar-refractivity contribution in [2.45, 2.75) is 38.6 Å². The van der Waals surface area contributed by atoms with Crippen LogP contribution in [-0.2, 0) is 4.79 Å². The summed E-state index contributed by atoms with van der Waals surface area (Å²) in [5.41, 5.74) is 0.312. The molecule has 1 atom stereocenters. The second kappa shape index (κ2) is 6.25. The first kappa shape index (κ1) is 14.7. The summed E-state index contributed by atoms with van der Waals surface area (Å²) in [6.45, 7) is 3.44. The van der Waals surface area contributed by atoms with Gasteiger partial charge >= 0.3 is 0 Å². The van der Waals surface area contributed by atoms with Gasteiger partial charge in [-0.3, -0.25) is 9.59 Å². The SMILES string of the molecule is CC[C@H](C(=O)N1CCCCC1)n1nnc2ccccc2c1=O. The summed E-state index contributed by atoms with van der Waals surface area (Å²) in [6.07, 6.45) is 3.75. The lowest BCUT2D eigenvalue weighted by Crippen LogP contribution is -2.43. The summed E-state index contributed by atoms with van der Waals surface area (Å²) >= 11 is 0. The number of rotatable bonds is 3. The zero-order valence-corrected chi connectivity index (χ0v) is 12.7. The molecule has 1 amide bonds. The van der Waals surface area contributed by atoms with Crippen LogP contribution in [0.3, 0.4) is 0 Å². The van der Waals surface area contributed by atoms with Crippen molar-refractivity contribution in [1.29, 1.82) is 0 Å². The number of nitrogens with zero attached hydrogens (tertiary/aromatic N) is 4. The first-order chi connectivity index (χ1) is 10.7. The Hall–Kier alpha value is -2.24. The van der Waals surface area contributed by atoms with Crippen molar-refractivity contribution in [1.82, 2.24) is 19.9 Å². The van der Waals surface area contributed by atoms with Gasteiger partial charge in [0.15, 0.2) is 0 Å². The van der Waals surface area contributed by atoms with E-state index in [1.807, 2.05) is 17.9 Å². The highest BCUT2D eigenvalue weighted by Crippen LogP contribution is 2.17. The third-order valence-corrected chi connectivity index (χ3v) is 4.23. The molecule has 0 N–H and O–H groups in total. The summed E-state index contributed by atoms with van der Waals surface area (Å²) in [4.78, 5) is 27.2. The monoisotopic (exact) mass is 300 g/mol. The van der Waals surface area contributed by atoms with E-state index in [9.17, 15) is 9.59 Å². The van der Waals surface area contributed by atoms with Gasteiger partial charge in [-0.05, 0) is 37.8 Å². The summed E-state index contributed by atoms with van der Waals surface area (Å²) in [5, 5.41) is 8.58. The fraction of sp³-hybridized carbons (Fsp3) is 0.500. The summed E-state index contributed by atoms with van der Waals surface area (Å²) < 4.78 is 1.25. The fourth-order valence-electron chi connectivity index (χ4n) is 2.98. The number of hydrogen-bond acceptors (Lipinski definition) is 4. The number of aromatic nitrogens is 3. The van der Waals surface area contributed by atoms with E-state index in [1.54, 1.807) is 18.2 Å². The molecular weight excluding hydrogens is 280 g/mol. The maximum absolute atomic E-state index is 12.7. The second-order valence-corrected chi connectivity index (χ2v) is 5.67. The highest BCUT2D eigenvalue weighted by molar-refractivity contribution is 5.81.